The number of hydrazone groups is 1. The van der Waals surface area contributed by atoms with Crippen LogP contribution in [0.25, 0.3) is 0 Å². The lowest BCUT2D eigenvalue weighted by Crippen LogP contribution is -2.38. The molecule has 0 unspecified atom stereocenters. The number of halogens is 3. The molecule has 1 amide bonds. The van der Waals surface area contributed by atoms with Gasteiger partial charge in [0.25, 0.3) is 5.91 Å². The van der Waals surface area contributed by atoms with Crippen molar-refractivity contribution >= 4 is 22.8 Å². The van der Waals surface area contributed by atoms with E-state index in [0.29, 0.717) is 5.17 Å². The van der Waals surface area contributed by atoms with Gasteiger partial charge in [-0.05, 0) is 32.0 Å². The van der Waals surface area contributed by atoms with Crippen LogP contribution in [0, 0.1) is 0 Å². The summed E-state index contributed by atoms with van der Waals surface area (Å²) in [5.74, 6) is -0.566. The number of nitrogens with zero attached hydrogens (tertiary/aromatic N) is 2. The van der Waals surface area contributed by atoms with Crippen LogP contribution in [-0.2, 0) is 6.18 Å². The summed E-state index contributed by atoms with van der Waals surface area (Å²) in [6.07, 6.45) is -4.48. The molecule has 0 saturated heterocycles. The molecule has 2 rings (SSSR count). The first-order chi connectivity index (χ1) is 9.65. The molecule has 1 aromatic carbocycles. The normalized spacial score (nSPS) is 17.6. The van der Waals surface area contributed by atoms with E-state index in [2.05, 4.69) is 10.4 Å². The van der Waals surface area contributed by atoms with Gasteiger partial charge in [-0.1, -0.05) is 17.8 Å². The highest BCUT2D eigenvalue weighted by molar-refractivity contribution is 8.15. The van der Waals surface area contributed by atoms with Crippen molar-refractivity contribution in [2.45, 2.75) is 24.9 Å². The molecule has 1 aliphatic rings. The van der Waals surface area contributed by atoms with E-state index in [1.807, 2.05) is 0 Å². The van der Waals surface area contributed by atoms with Crippen LogP contribution < -0.4 is 5.32 Å². The second-order valence-corrected chi connectivity index (χ2v) is 6.49. The molecule has 4 nitrogen and oxygen atoms in total. The highest BCUT2D eigenvalue weighted by atomic mass is 32.2. The average molecular weight is 317 g/mol. The Kier molecular flexibility index (Phi) is 3.92. The Morgan fingerprint density at radius 1 is 1.38 bits per heavy atom. The van der Waals surface area contributed by atoms with Gasteiger partial charge < -0.3 is 5.32 Å². The van der Waals surface area contributed by atoms with Crippen LogP contribution >= 0.6 is 11.8 Å². The number of rotatable bonds is 1. The van der Waals surface area contributed by atoms with Crippen molar-refractivity contribution in [2.24, 2.45) is 5.10 Å². The lowest BCUT2D eigenvalue weighted by atomic mass is 10.1. The first kappa shape index (κ1) is 15.7. The molecule has 1 N–H and O–H groups in total. The number of amides is 1. The summed E-state index contributed by atoms with van der Waals surface area (Å²) < 4.78 is 38.1. The number of thioether (sulfide) groups is 1. The lowest BCUT2D eigenvalue weighted by Gasteiger charge is -2.27. The van der Waals surface area contributed by atoms with Gasteiger partial charge in [0, 0.05) is 12.6 Å². The molecule has 114 valence electrons. The van der Waals surface area contributed by atoms with Crippen LogP contribution in [0.15, 0.2) is 29.4 Å². The van der Waals surface area contributed by atoms with Gasteiger partial charge in [-0.15, -0.1) is 5.10 Å². The fraction of sp³-hybridized carbons (Fsp3) is 0.385. The minimum Gasteiger partial charge on any atom is -0.366 e. The second kappa shape index (κ2) is 5.25. The first-order valence-electron chi connectivity index (χ1n) is 6.12. The number of hydrogen-bond acceptors (Lipinski definition) is 4. The Bertz CT molecular complexity index is 599. The predicted molar refractivity (Wildman–Crippen MR) is 75.8 cm³/mol. The highest BCUT2D eigenvalue weighted by Crippen LogP contribution is 2.37. The number of hydrogen-bond donors (Lipinski definition) is 1. The Labute approximate surface area is 124 Å². The molecule has 1 heterocycles. The summed E-state index contributed by atoms with van der Waals surface area (Å²) in [5.41, 5.74) is -0.893. The molecular weight excluding hydrogens is 303 g/mol. The lowest BCUT2D eigenvalue weighted by molar-refractivity contribution is -0.137. The largest absolute Gasteiger partial charge is 0.416 e. The summed E-state index contributed by atoms with van der Waals surface area (Å²) in [5, 5.41) is 8.66. The van der Waals surface area contributed by atoms with Gasteiger partial charge in [-0.25, -0.2) is 5.01 Å². The summed E-state index contributed by atoms with van der Waals surface area (Å²) in [4.78, 5) is 11.8. The van der Waals surface area contributed by atoms with E-state index in [0.717, 1.165) is 12.1 Å². The predicted octanol–water partition coefficient (Wildman–Crippen LogP) is 3.12. The maximum Gasteiger partial charge on any atom is 0.416 e. The fourth-order valence-corrected chi connectivity index (χ4v) is 2.76. The van der Waals surface area contributed by atoms with Crippen LogP contribution in [0.3, 0.4) is 0 Å². The molecule has 1 aromatic rings. The van der Waals surface area contributed by atoms with Gasteiger partial charge in [0.2, 0.25) is 0 Å². The van der Waals surface area contributed by atoms with Crippen molar-refractivity contribution in [3.63, 3.8) is 0 Å². The third-order valence-corrected chi connectivity index (χ3v) is 4.04. The van der Waals surface area contributed by atoms with E-state index >= 15 is 0 Å². The molecule has 0 radical (unpaired) electrons. The molecule has 21 heavy (non-hydrogen) atoms. The Balaban J connectivity index is 2.35. The van der Waals surface area contributed by atoms with E-state index in [-0.39, 0.29) is 5.56 Å². The maximum atomic E-state index is 12.7. The number of nitrogens with one attached hydrogen (secondary N) is 1. The summed E-state index contributed by atoms with van der Waals surface area (Å²) in [6, 6.07) is 4.35. The van der Waals surface area contributed by atoms with Crippen LogP contribution in [0.2, 0.25) is 0 Å². The number of benzene rings is 1. The van der Waals surface area contributed by atoms with Gasteiger partial charge in [-0.3, -0.25) is 4.79 Å². The third-order valence-electron chi connectivity index (χ3n) is 2.89. The highest BCUT2D eigenvalue weighted by Gasteiger charge is 2.40. The monoisotopic (exact) mass is 317 g/mol. The fourth-order valence-electron chi connectivity index (χ4n) is 1.85. The van der Waals surface area contributed by atoms with E-state index in [1.165, 1.54) is 28.9 Å². The number of alkyl halides is 3. The molecule has 1 aliphatic heterocycles. The zero-order chi connectivity index (χ0) is 15.8. The minimum absolute atomic E-state index is 0.0420. The SMILES string of the molecule is CNC1=NN(C(=O)c2cccc(C(F)(F)F)c2)C(C)(C)S1. The van der Waals surface area contributed by atoms with Crippen LogP contribution in [0.1, 0.15) is 29.8 Å². The molecule has 0 spiro atoms. The zero-order valence-corrected chi connectivity index (χ0v) is 12.5. The van der Waals surface area contributed by atoms with E-state index in [9.17, 15) is 18.0 Å². The van der Waals surface area contributed by atoms with Crippen molar-refractivity contribution in [1.29, 1.82) is 0 Å². The molecule has 0 bridgehead atoms. The standard InChI is InChI=1S/C13H14F3N3OS/c1-12(2)19(18-11(17-3)21-12)10(20)8-5-4-6-9(7-8)13(14,15)16/h4-7H,1-3H3,(H,17,18). The van der Waals surface area contributed by atoms with Crippen molar-refractivity contribution < 1.29 is 18.0 Å². The molecular formula is C13H14F3N3OS. The van der Waals surface area contributed by atoms with Gasteiger partial charge in [0.15, 0.2) is 5.17 Å². The Morgan fingerprint density at radius 3 is 2.57 bits per heavy atom. The molecule has 0 aliphatic carbocycles. The van der Waals surface area contributed by atoms with Gasteiger partial charge >= 0.3 is 6.18 Å². The molecule has 8 heteroatoms. The second-order valence-electron chi connectivity index (χ2n) is 4.90. The van der Waals surface area contributed by atoms with E-state index < -0.39 is 22.5 Å². The Morgan fingerprint density at radius 2 is 2.05 bits per heavy atom. The van der Waals surface area contributed by atoms with Crippen molar-refractivity contribution in [2.75, 3.05) is 7.05 Å². The number of carbonyl (C=O) groups excluding carboxylic acids is 1. The smallest absolute Gasteiger partial charge is 0.366 e. The number of carbonyl (C=O) groups is 1. The van der Waals surface area contributed by atoms with Crippen LogP contribution in [0.5, 0.6) is 0 Å². The van der Waals surface area contributed by atoms with Crippen molar-refractivity contribution in [3.8, 4) is 0 Å². The Hall–Kier alpha value is -1.70. The van der Waals surface area contributed by atoms with E-state index in [1.54, 1.807) is 20.9 Å². The van der Waals surface area contributed by atoms with Crippen molar-refractivity contribution in [1.82, 2.24) is 10.3 Å². The summed E-state index contributed by atoms with van der Waals surface area (Å²) in [6.45, 7) is 3.55. The minimum atomic E-state index is -4.48. The third kappa shape index (κ3) is 3.15. The summed E-state index contributed by atoms with van der Waals surface area (Å²) in [7, 11) is 1.67. The molecule has 0 fully saturated rings. The average Bonchev–Trinajstić information content (AvgIpc) is 2.72. The zero-order valence-electron chi connectivity index (χ0n) is 11.7. The van der Waals surface area contributed by atoms with Gasteiger partial charge in [-0.2, -0.15) is 13.2 Å². The molecule has 0 aromatic heterocycles. The molecule has 0 saturated carbocycles. The van der Waals surface area contributed by atoms with Crippen molar-refractivity contribution in [3.05, 3.63) is 35.4 Å². The quantitative estimate of drug-likeness (QED) is 0.865. The first-order valence-corrected chi connectivity index (χ1v) is 6.94. The van der Waals surface area contributed by atoms with Gasteiger partial charge in [0.1, 0.15) is 4.87 Å². The molecule has 0 atom stereocenters. The summed E-state index contributed by atoms with van der Waals surface area (Å²) >= 11 is 1.33. The maximum absolute atomic E-state index is 12.7. The topological polar surface area (TPSA) is 44.7 Å². The van der Waals surface area contributed by atoms with Crippen LogP contribution in [-0.4, -0.2) is 28.0 Å². The number of amidine groups is 1. The van der Waals surface area contributed by atoms with Crippen LogP contribution in [0.4, 0.5) is 13.2 Å². The van der Waals surface area contributed by atoms with E-state index in [4.69, 9.17) is 0 Å². The van der Waals surface area contributed by atoms with Gasteiger partial charge in [0.05, 0.1) is 5.56 Å².